The van der Waals surface area contributed by atoms with Crippen LogP contribution in [0.3, 0.4) is 0 Å². The molecule has 4 atom stereocenters. The zero-order chi connectivity index (χ0) is 18.3. The normalized spacial score (nSPS) is 25.0. The second-order valence-electron chi connectivity index (χ2n) is 7.00. The second kappa shape index (κ2) is 14.7. The van der Waals surface area contributed by atoms with E-state index < -0.39 is 24.4 Å². The molecule has 1 aliphatic heterocycles. The Balaban J connectivity index is 1.97. The van der Waals surface area contributed by atoms with Crippen molar-refractivity contribution in [2.24, 2.45) is 0 Å². The van der Waals surface area contributed by atoms with Gasteiger partial charge in [0.15, 0.2) is 0 Å². The molecule has 1 heterocycles. The largest absolute Gasteiger partial charge is 0.394 e. The summed E-state index contributed by atoms with van der Waals surface area (Å²) >= 11 is 0. The minimum Gasteiger partial charge on any atom is -0.394 e. The molecule has 1 rings (SSSR count). The molecular formula is C20H38O5. The van der Waals surface area contributed by atoms with E-state index in [0.717, 1.165) is 6.42 Å². The van der Waals surface area contributed by atoms with E-state index >= 15 is 0 Å². The van der Waals surface area contributed by atoms with Gasteiger partial charge in [-0.2, -0.15) is 0 Å². The maximum atomic E-state index is 9.78. The van der Waals surface area contributed by atoms with Crippen molar-refractivity contribution in [3.63, 3.8) is 0 Å². The molecule has 0 bridgehead atoms. The number of allylic oxidation sites excluding steroid dienone is 1. The number of rotatable bonds is 15. The molecule has 148 valence electrons. The van der Waals surface area contributed by atoms with Gasteiger partial charge in [0.25, 0.3) is 0 Å². The van der Waals surface area contributed by atoms with Gasteiger partial charge in [0.05, 0.1) is 19.8 Å². The van der Waals surface area contributed by atoms with Gasteiger partial charge in [0.1, 0.15) is 24.4 Å². The predicted octanol–water partition coefficient (Wildman–Crippen LogP) is 2.96. The lowest BCUT2D eigenvalue weighted by atomic mass is 10.1. The Morgan fingerprint density at radius 3 is 2.20 bits per heavy atom. The monoisotopic (exact) mass is 358 g/mol. The molecule has 0 amide bonds. The molecule has 0 saturated carbocycles. The van der Waals surface area contributed by atoms with Crippen molar-refractivity contribution >= 4 is 0 Å². The molecule has 0 radical (unpaired) electrons. The first-order chi connectivity index (χ1) is 12.2. The van der Waals surface area contributed by atoms with Gasteiger partial charge in [-0.25, -0.2) is 0 Å². The van der Waals surface area contributed by atoms with Crippen LogP contribution in [0.1, 0.15) is 71.1 Å². The molecule has 1 fully saturated rings. The van der Waals surface area contributed by atoms with Gasteiger partial charge >= 0.3 is 0 Å². The summed E-state index contributed by atoms with van der Waals surface area (Å²) in [5.41, 5.74) is 0. The Labute approximate surface area is 153 Å². The lowest BCUT2D eigenvalue weighted by Crippen LogP contribution is -2.42. The average molecular weight is 359 g/mol. The van der Waals surface area contributed by atoms with Crippen LogP contribution in [-0.2, 0) is 9.47 Å². The molecule has 1 aliphatic rings. The molecule has 1 saturated heterocycles. The van der Waals surface area contributed by atoms with Gasteiger partial charge in [-0.05, 0) is 12.8 Å². The Morgan fingerprint density at radius 2 is 1.64 bits per heavy atom. The number of ether oxygens (including phenoxy) is 2. The first-order valence-corrected chi connectivity index (χ1v) is 10.1. The van der Waals surface area contributed by atoms with Gasteiger partial charge < -0.3 is 24.8 Å². The summed E-state index contributed by atoms with van der Waals surface area (Å²) in [6, 6.07) is 0. The molecule has 0 unspecified atom stereocenters. The van der Waals surface area contributed by atoms with Crippen LogP contribution >= 0.6 is 0 Å². The molecule has 25 heavy (non-hydrogen) atoms. The number of aliphatic hydroxyl groups is 3. The summed E-state index contributed by atoms with van der Waals surface area (Å²) < 4.78 is 10.8. The van der Waals surface area contributed by atoms with Crippen molar-refractivity contribution < 1.29 is 24.8 Å². The van der Waals surface area contributed by atoms with Gasteiger partial charge in [0.2, 0.25) is 0 Å². The Morgan fingerprint density at radius 1 is 1.00 bits per heavy atom. The Hall–Kier alpha value is -0.460. The SMILES string of the molecule is CCCCCCCCCCC/C=C/CO[C@H](CO)[C@H]1OC[C@H](O)[C@H]1O. The van der Waals surface area contributed by atoms with Crippen molar-refractivity contribution in [1.29, 1.82) is 0 Å². The zero-order valence-electron chi connectivity index (χ0n) is 15.8. The van der Waals surface area contributed by atoms with E-state index in [1.807, 2.05) is 6.08 Å². The fourth-order valence-electron chi connectivity index (χ4n) is 3.14. The van der Waals surface area contributed by atoms with E-state index in [0.29, 0.717) is 6.61 Å². The number of aliphatic hydroxyl groups excluding tert-OH is 3. The molecule has 0 aromatic heterocycles. The summed E-state index contributed by atoms with van der Waals surface area (Å²) in [4.78, 5) is 0. The fraction of sp³-hybridized carbons (Fsp3) is 0.900. The highest BCUT2D eigenvalue weighted by Gasteiger charge is 2.40. The van der Waals surface area contributed by atoms with Crippen molar-refractivity contribution in [2.75, 3.05) is 19.8 Å². The molecule has 0 aromatic rings. The third-order valence-electron chi connectivity index (χ3n) is 4.78. The topological polar surface area (TPSA) is 79.2 Å². The summed E-state index contributed by atoms with van der Waals surface area (Å²) in [7, 11) is 0. The van der Waals surface area contributed by atoms with Crippen LogP contribution in [-0.4, -0.2) is 59.6 Å². The number of unbranched alkanes of at least 4 members (excludes halogenated alkanes) is 9. The van der Waals surface area contributed by atoms with Gasteiger partial charge in [0, 0.05) is 0 Å². The highest BCUT2D eigenvalue weighted by atomic mass is 16.6. The van der Waals surface area contributed by atoms with Crippen LogP contribution in [0.4, 0.5) is 0 Å². The minimum absolute atomic E-state index is 0.0835. The molecule has 0 aromatic carbocycles. The first-order valence-electron chi connectivity index (χ1n) is 10.1. The van der Waals surface area contributed by atoms with E-state index in [1.165, 1.54) is 57.8 Å². The smallest absolute Gasteiger partial charge is 0.114 e. The molecule has 0 aliphatic carbocycles. The van der Waals surface area contributed by atoms with Crippen LogP contribution < -0.4 is 0 Å². The van der Waals surface area contributed by atoms with E-state index in [1.54, 1.807) is 0 Å². The summed E-state index contributed by atoms with van der Waals surface area (Å²) in [6.07, 6.45) is 13.9. The van der Waals surface area contributed by atoms with Gasteiger partial charge in [-0.15, -0.1) is 0 Å². The quantitative estimate of drug-likeness (QED) is 0.310. The second-order valence-corrected chi connectivity index (χ2v) is 7.00. The van der Waals surface area contributed by atoms with Crippen molar-refractivity contribution in [3.8, 4) is 0 Å². The third kappa shape index (κ3) is 9.71. The molecule has 5 heteroatoms. The average Bonchev–Trinajstić information content (AvgIpc) is 2.95. The summed E-state index contributed by atoms with van der Waals surface area (Å²) in [5.74, 6) is 0. The van der Waals surface area contributed by atoms with Crippen molar-refractivity contribution in [3.05, 3.63) is 12.2 Å². The lowest BCUT2D eigenvalue weighted by Gasteiger charge is -2.23. The highest BCUT2D eigenvalue weighted by Crippen LogP contribution is 2.19. The maximum absolute atomic E-state index is 9.78. The predicted molar refractivity (Wildman–Crippen MR) is 99.6 cm³/mol. The van der Waals surface area contributed by atoms with E-state index in [4.69, 9.17) is 9.47 Å². The summed E-state index contributed by atoms with van der Waals surface area (Å²) in [5, 5.41) is 28.6. The zero-order valence-corrected chi connectivity index (χ0v) is 15.8. The van der Waals surface area contributed by atoms with Crippen LogP contribution in [0.15, 0.2) is 12.2 Å². The van der Waals surface area contributed by atoms with Crippen LogP contribution in [0.25, 0.3) is 0 Å². The standard InChI is InChI=1S/C20H38O5/c1-2-3-4-5-6-7-8-9-10-11-12-13-14-24-18(15-21)20-19(23)17(22)16-25-20/h12-13,17-23H,2-11,14-16H2,1H3/b13-12+/t17-,18+,19+,20+/m0/s1. The van der Waals surface area contributed by atoms with Crippen LogP contribution in [0, 0.1) is 0 Å². The van der Waals surface area contributed by atoms with Crippen molar-refractivity contribution in [2.45, 2.75) is 95.5 Å². The molecule has 5 nitrogen and oxygen atoms in total. The lowest BCUT2D eigenvalue weighted by molar-refractivity contribution is -0.0942. The van der Waals surface area contributed by atoms with E-state index in [2.05, 4.69) is 13.0 Å². The molecular weight excluding hydrogens is 320 g/mol. The van der Waals surface area contributed by atoms with E-state index in [9.17, 15) is 15.3 Å². The van der Waals surface area contributed by atoms with Gasteiger partial charge in [-0.3, -0.25) is 0 Å². The fourth-order valence-corrected chi connectivity index (χ4v) is 3.14. The first kappa shape index (κ1) is 22.6. The van der Waals surface area contributed by atoms with Gasteiger partial charge in [-0.1, -0.05) is 70.4 Å². The van der Waals surface area contributed by atoms with Crippen LogP contribution in [0.5, 0.6) is 0 Å². The maximum Gasteiger partial charge on any atom is 0.114 e. The minimum atomic E-state index is -0.997. The number of hydrogen-bond acceptors (Lipinski definition) is 5. The third-order valence-corrected chi connectivity index (χ3v) is 4.78. The van der Waals surface area contributed by atoms with E-state index in [-0.39, 0.29) is 13.2 Å². The highest BCUT2D eigenvalue weighted by molar-refractivity contribution is 4.89. The summed E-state index contributed by atoms with van der Waals surface area (Å²) in [6.45, 7) is 2.48. The number of hydrogen-bond donors (Lipinski definition) is 3. The molecule has 0 spiro atoms. The van der Waals surface area contributed by atoms with Crippen molar-refractivity contribution in [1.82, 2.24) is 0 Å². The van der Waals surface area contributed by atoms with Crippen LogP contribution in [0.2, 0.25) is 0 Å². The molecule has 3 N–H and O–H groups in total. The Kier molecular flexibility index (Phi) is 13.3. The Bertz CT molecular complexity index is 334.